The summed E-state index contributed by atoms with van der Waals surface area (Å²) in [6.45, 7) is 3.97. The lowest BCUT2D eigenvalue weighted by molar-refractivity contribution is -0.147. The van der Waals surface area contributed by atoms with E-state index in [2.05, 4.69) is 23.2 Å². The Kier molecular flexibility index (Phi) is 6.06. The van der Waals surface area contributed by atoms with E-state index >= 15 is 0 Å². The zero-order chi connectivity index (χ0) is 24.9. The lowest BCUT2D eigenvalue weighted by Gasteiger charge is -2.30. The van der Waals surface area contributed by atoms with Gasteiger partial charge in [0.15, 0.2) is 5.82 Å². The minimum Gasteiger partial charge on any atom is -0.349 e. The van der Waals surface area contributed by atoms with E-state index in [1.165, 1.54) is 4.88 Å². The summed E-state index contributed by atoms with van der Waals surface area (Å²) in [5.74, 6) is 0.518. The van der Waals surface area contributed by atoms with Crippen molar-refractivity contribution in [1.29, 1.82) is 0 Å². The first-order chi connectivity index (χ1) is 16.7. The second-order valence-electron chi connectivity index (χ2n) is 9.20. The van der Waals surface area contributed by atoms with E-state index in [0.29, 0.717) is 31.4 Å². The molecule has 1 amide bonds. The van der Waals surface area contributed by atoms with Gasteiger partial charge in [-0.25, -0.2) is 4.98 Å². The Morgan fingerprint density at radius 2 is 1.97 bits per heavy atom. The van der Waals surface area contributed by atoms with Crippen molar-refractivity contribution in [2.45, 2.75) is 45.5 Å². The summed E-state index contributed by atoms with van der Waals surface area (Å²) >= 11 is 1.62. The summed E-state index contributed by atoms with van der Waals surface area (Å²) in [5, 5.41) is 8.11. The van der Waals surface area contributed by atoms with Crippen molar-refractivity contribution in [3.8, 4) is 0 Å². The van der Waals surface area contributed by atoms with Crippen LogP contribution in [0.15, 0.2) is 6.07 Å². The standard InChI is InChI=1S/C22H27F3N8OS/c1-4-5-14-10-15-17(31-8-9-33-16(12-31)28-29-20(33)22(23,24)25)26-21(27-18(15)35-14)32-7-6-13(11-32)19(34)30(2)3/h10,13H,4-9,11-12H2,1-3H3. The smallest absolute Gasteiger partial charge is 0.349 e. The minimum absolute atomic E-state index is 0.0889. The first-order valence-corrected chi connectivity index (χ1v) is 12.5. The third-order valence-corrected chi connectivity index (χ3v) is 7.56. The molecule has 1 atom stereocenters. The minimum atomic E-state index is -4.54. The van der Waals surface area contributed by atoms with Crippen LogP contribution in [0, 0.1) is 5.92 Å². The van der Waals surface area contributed by atoms with Crippen molar-refractivity contribution in [1.82, 2.24) is 29.6 Å². The maximum absolute atomic E-state index is 13.3. The molecule has 13 heteroatoms. The second-order valence-corrected chi connectivity index (χ2v) is 10.3. The van der Waals surface area contributed by atoms with Crippen LogP contribution in [0.4, 0.5) is 24.9 Å². The Morgan fingerprint density at radius 1 is 1.17 bits per heavy atom. The van der Waals surface area contributed by atoms with E-state index < -0.39 is 12.0 Å². The number of amides is 1. The molecule has 0 N–H and O–H groups in total. The van der Waals surface area contributed by atoms with Crippen LogP contribution >= 0.6 is 11.3 Å². The number of nitrogens with zero attached hydrogens (tertiary/aromatic N) is 8. The summed E-state index contributed by atoms with van der Waals surface area (Å²) in [7, 11) is 3.51. The number of carbonyl (C=O) groups excluding carboxylic acids is 1. The molecule has 1 unspecified atom stereocenters. The number of hydrogen-bond donors (Lipinski definition) is 0. The van der Waals surface area contributed by atoms with Gasteiger partial charge < -0.3 is 19.3 Å². The monoisotopic (exact) mass is 508 g/mol. The molecule has 0 aromatic carbocycles. The Balaban J connectivity index is 1.50. The van der Waals surface area contributed by atoms with Gasteiger partial charge in [0.2, 0.25) is 17.7 Å². The average molecular weight is 509 g/mol. The zero-order valence-electron chi connectivity index (χ0n) is 19.8. The van der Waals surface area contributed by atoms with Gasteiger partial charge in [-0.2, -0.15) is 18.2 Å². The predicted octanol–water partition coefficient (Wildman–Crippen LogP) is 3.19. The Labute approximate surface area is 204 Å². The van der Waals surface area contributed by atoms with Gasteiger partial charge >= 0.3 is 6.18 Å². The molecule has 5 heterocycles. The van der Waals surface area contributed by atoms with Crippen LogP contribution in [0.3, 0.4) is 0 Å². The molecule has 0 bridgehead atoms. The molecule has 188 valence electrons. The van der Waals surface area contributed by atoms with E-state index in [0.717, 1.165) is 34.0 Å². The third-order valence-electron chi connectivity index (χ3n) is 6.48. The number of anilines is 2. The number of alkyl halides is 3. The van der Waals surface area contributed by atoms with Gasteiger partial charge in [-0.05, 0) is 18.9 Å². The molecule has 0 spiro atoms. The molecule has 0 radical (unpaired) electrons. The average Bonchev–Trinajstić information content (AvgIpc) is 3.54. The largest absolute Gasteiger partial charge is 0.451 e. The number of hydrogen-bond acceptors (Lipinski definition) is 8. The van der Waals surface area contributed by atoms with Crippen LogP contribution in [0.2, 0.25) is 0 Å². The van der Waals surface area contributed by atoms with Crippen LogP contribution in [-0.2, 0) is 30.5 Å². The van der Waals surface area contributed by atoms with Crippen molar-refractivity contribution in [3.05, 3.63) is 22.6 Å². The molecule has 1 saturated heterocycles. The maximum atomic E-state index is 13.3. The number of fused-ring (bicyclic) bond motifs is 2. The van der Waals surface area contributed by atoms with Gasteiger partial charge in [-0.15, -0.1) is 21.5 Å². The van der Waals surface area contributed by atoms with Crippen LogP contribution in [0.1, 0.15) is 36.3 Å². The highest BCUT2D eigenvalue weighted by atomic mass is 32.1. The molecule has 2 aliphatic heterocycles. The summed E-state index contributed by atoms with van der Waals surface area (Å²) in [4.78, 5) is 29.8. The lowest BCUT2D eigenvalue weighted by Crippen LogP contribution is -2.36. The lowest BCUT2D eigenvalue weighted by atomic mass is 10.1. The highest BCUT2D eigenvalue weighted by Gasteiger charge is 2.40. The SMILES string of the molecule is CCCc1cc2c(N3CCn4c(nnc4C(F)(F)F)C3)nc(N3CCC(C(=O)N(C)C)C3)nc2s1. The number of carbonyl (C=O) groups is 1. The van der Waals surface area contributed by atoms with E-state index in [-0.39, 0.29) is 30.7 Å². The molecule has 35 heavy (non-hydrogen) atoms. The number of aromatic nitrogens is 5. The number of halogens is 3. The highest BCUT2D eigenvalue weighted by Crippen LogP contribution is 2.37. The van der Waals surface area contributed by atoms with Gasteiger partial charge in [0.05, 0.1) is 17.8 Å². The maximum Gasteiger partial charge on any atom is 0.451 e. The fourth-order valence-corrected chi connectivity index (χ4v) is 5.87. The van der Waals surface area contributed by atoms with Crippen molar-refractivity contribution in [2.75, 3.05) is 43.5 Å². The molecular weight excluding hydrogens is 481 g/mol. The van der Waals surface area contributed by atoms with Gasteiger partial charge in [-0.1, -0.05) is 13.3 Å². The van der Waals surface area contributed by atoms with Crippen LogP contribution < -0.4 is 9.80 Å². The normalized spacial score (nSPS) is 18.4. The molecule has 2 aliphatic rings. The summed E-state index contributed by atoms with van der Waals surface area (Å²) < 4.78 is 41.0. The predicted molar refractivity (Wildman–Crippen MR) is 126 cm³/mol. The van der Waals surface area contributed by atoms with Crippen molar-refractivity contribution in [2.24, 2.45) is 5.92 Å². The zero-order valence-corrected chi connectivity index (χ0v) is 20.7. The Morgan fingerprint density at radius 3 is 2.69 bits per heavy atom. The molecule has 3 aromatic rings. The molecular formula is C22H27F3N8OS. The number of aryl methyl sites for hydroxylation is 1. The van der Waals surface area contributed by atoms with E-state index in [1.54, 1.807) is 30.3 Å². The van der Waals surface area contributed by atoms with E-state index in [1.807, 2.05) is 9.80 Å². The Bertz CT molecular complexity index is 1250. The van der Waals surface area contributed by atoms with Crippen LogP contribution in [0.25, 0.3) is 10.2 Å². The second kappa shape index (κ2) is 8.92. The van der Waals surface area contributed by atoms with E-state index in [9.17, 15) is 18.0 Å². The van der Waals surface area contributed by atoms with Crippen molar-refractivity contribution >= 4 is 39.2 Å². The van der Waals surface area contributed by atoms with E-state index in [4.69, 9.17) is 9.97 Å². The highest BCUT2D eigenvalue weighted by molar-refractivity contribution is 7.18. The first-order valence-electron chi connectivity index (χ1n) is 11.7. The molecule has 3 aromatic heterocycles. The summed E-state index contributed by atoms with van der Waals surface area (Å²) in [6, 6.07) is 2.09. The van der Waals surface area contributed by atoms with Gasteiger partial charge in [0.25, 0.3) is 0 Å². The topological polar surface area (TPSA) is 83.3 Å². The quantitative estimate of drug-likeness (QED) is 0.524. The van der Waals surface area contributed by atoms with Crippen LogP contribution in [-0.4, -0.2) is 69.3 Å². The molecule has 0 saturated carbocycles. The van der Waals surface area contributed by atoms with Crippen molar-refractivity contribution < 1.29 is 18.0 Å². The molecule has 0 aliphatic carbocycles. The first kappa shape index (κ1) is 23.8. The van der Waals surface area contributed by atoms with Gasteiger partial charge in [0.1, 0.15) is 10.6 Å². The molecule has 5 rings (SSSR count). The van der Waals surface area contributed by atoms with Crippen LogP contribution in [0.5, 0.6) is 0 Å². The molecule has 9 nitrogen and oxygen atoms in total. The summed E-state index contributed by atoms with van der Waals surface area (Å²) in [6.07, 6.45) is -1.90. The fraction of sp³-hybridized carbons (Fsp3) is 0.591. The van der Waals surface area contributed by atoms with Gasteiger partial charge in [0, 0.05) is 45.2 Å². The number of rotatable bonds is 5. The summed E-state index contributed by atoms with van der Waals surface area (Å²) in [5.41, 5.74) is 0. The Hall–Kier alpha value is -2.96. The molecule has 1 fully saturated rings. The third kappa shape index (κ3) is 4.41. The van der Waals surface area contributed by atoms with Crippen molar-refractivity contribution in [3.63, 3.8) is 0 Å². The van der Waals surface area contributed by atoms with Gasteiger partial charge in [-0.3, -0.25) is 4.79 Å². The number of thiophene rings is 1. The fourth-order valence-electron chi connectivity index (χ4n) is 4.75.